The third kappa shape index (κ3) is 4.20. The Morgan fingerprint density at radius 3 is 2.81 bits per heavy atom. The zero-order valence-corrected chi connectivity index (χ0v) is 15.3. The quantitative estimate of drug-likeness (QED) is 0.783. The van der Waals surface area contributed by atoms with Crippen LogP contribution in [0.1, 0.15) is 17.5 Å². The summed E-state index contributed by atoms with van der Waals surface area (Å²) in [4.78, 5) is 26.0. The lowest BCUT2D eigenvalue weighted by Crippen LogP contribution is -2.46. The maximum Gasteiger partial charge on any atom is 0.410 e. The topological polar surface area (TPSA) is 78.9 Å². The average Bonchev–Trinajstić information content (AvgIpc) is 2.88. The number of ether oxygens (including phenoxy) is 1. The van der Waals surface area contributed by atoms with Crippen LogP contribution in [0.15, 0.2) is 42.5 Å². The Bertz CT molecular complexity index is 872. The maximum absolute atomic E-state index is 13.3. The number of rotatable bonds is 4. The Hall–Kier alpha value is -2.64. The first-order chi connectivity index (χ1) is 12.8. The van der Waals surface area contributed by atoms with Crippen molar-refractivity contribution in [2.75, 3.05) is 11.4 Å². The number of hydrogen-bond donors (Lipinski definition) is 2. The van der Waals surface area contributed by atoms with Crippen molar-refractivity contribution in [2.24, 2.45) is 0 Å². The number of alkyl carbamates (subject to hydrolysis) is 1. The normalized spacial score (nSPS) is 19.3. The summed E-state index contributed by atoms with van der Waals surface area (Å²) in [6.45, 7) is 1.99. The van der Waals surface area contributed by atoms with Gasteiger partial charge in [-0.15, -0.1) is 0 Å². The van der Waals surface area contributed by atoms with E-state index in [-0.39, 0.29) is 24.5 Å². The number of halogens is 2. The van der Waals surface area contributed by atoms with E-state index in [2.05, 4.69) is 5.32 Å². The molecule has 0 aliphatic carbocycles. The van der Waals surface area contributed by atoms with E-state index in [4.69, 9.17) is 16.3 Å². The van der Waals surface area contributed by atoms with Crippen molar-refractivity contribution < 1.29 is 23.8 Å². The molecule has 27 heavy (non-hydrogen) atoms. The van der Waals surface area contributed by atoms with E-state index in [1.165, 1.54) is 17.0 Å². The second-order valence-corrected chi connectivity index (χ2v) is 6.73. The number of nitrogens with zero attached hydrogens (tertiary/aromatic N) is 1. The summed E-state index contributed by atoms with van der Waals surface area (Å²) < 4.78 is 18.3. The monoisotopic (exact) mass is 392 g/mol. The van der Waals surface area contributed by atoms with Crippen LogP contribution in [-0.2, 0) is 16.1 Å². The van der Waals surface area contributed by atoms with Crippen molar-refractivity contribution in [2.45, 2.75) is 25.7 Å². The summed E-state index contributed by atoms with van der Waals surface area (Å²) in [7, 11) is 0. The van der Waals surface area contributed by atoms with E-state index in [1.807, 2.05) is 19.1 Å². The minimum atomic E-state index is -2.24. The van der Waals surface area contributed by atoms with Gasteiger partial charge in [0.15, 0.2) is 0 Å². The van der Waals surface area contributed by atoms with Crippen molar-refractivity contribution in [1.29, 1.82) is 0 Å². The zero-order chi connectivity index (χ0) is 19.6. The van der Waals surface area contributed by atoms with Crippen LogP contribution in [0.5, 0.6) is 0 Å². The Morgan fingerprint density at radius 2 is 2.11 bits per heavy atom. The third-order valence-corrected chi connectivity index (χ3v) is 4.50. The number of para-hydroxylation sites is 1. The van der Waals surface area contributed by atoms with Crippen molar-refractivity contribution in [3.8, 4) is 0 Å². The first kappa shape index (κ1) is 19.1. The van der Waals surface area contributed by atoms with Crippen molar-refractivity contribution >= 4 is 29.3 Å². The molecule has 0 aromatic heterocycles. The first-order valence-corrected chi connectivity index (χ1v) is 8.68. The van der Waals surface area contributed by atoms with Crippen LogP contribution < -0.4 is 10.2 Å². The molecule has 1 atom stereocenters. The molecule has 0 spiro atoms. The molecule has 2 aromatic carbocycles. The van der Waals surface area contributed by atoms with Gasteiger partial charge in [-0.1, -0.05) is 29.8 Å². The number of carbonyl (C=O) groups excluding carboxylic acids is 2. The molecule has 1 saturated heterocycles. The largest absolute Gasteiger partial charge is 0.410 e. The molecule has 3 rings (SSSR count). The maximum atomic E-state index is 13.3. The average molecular weight is 393 g/mol. The number of hydrogen-bond acceptors (Lipinski definition) is 4. The van der Waals surface area contributed by atoms with E-state index in [0.717, 1.165) is 11.6 Å². The standard InChI is InChI=1S/C19H18ClFN2O4/c1-12-4-2-3-5-16(12)23-7-6-19(26,17(23)24)27-18(25)22-11-13-8-14(20)10-15(21)9-13/h2-5,8-10,26H,6-7,11H2,1H3,(H,22,25)/t19-/m0/s1. The number of nitrogens with one attached hydrogen (secondary N) is 1. The van der Waals surface area contributed by atoms with Crippen LogP contribution in [0.25, 0.3) is 0 Å². The summed E-state index contributed by atoms with van der Waals surface area (Å²) in [5.74, 6) is -3.49. The number of aliphatic hydroxyl groups is 1. The Kier molecular flexibility index (Phi) is 5.34. The molecule has 1 aliphatic heterocycles. The van der Waals surface area contributed by atoms with Gasteiger partial charge in [-0.2, -0.15) is 0 Å². The molecule has 1 fully saturated rings. The summed E-state index contributed by atoms with van der Waals surface area (Å²) in [5.41, 5.74) is 1.93. The molecule has 0 unspecified atom stereocenters. The Labute approximate surface area is 160 Å². The molecular weight excluding hydrogens is 375 g/mol. The van der Waals surface area contributed by atoms with Crippen LogP contribution >= 0.6 is 11.6 Å². The number of aryl methyl sites for hydroxylation is 1. The van der Waals surface area contributed by atoms with Crippen molar-refractivity contribution in [1.82, 2.24) is 5.32 Å². The first-order valence-electron chi connectivity index (χ1n) is 8.30. The fourth-order valence-electron chi connectivity index (χ4n) is 2.95. The smallest absolute Gasteiger partial charge is 0.407 e. The molecule has 2 N–H and O–H groups in total. The lowest BCUT2D eigenvalue weighted by molar-refractivity contribution is -0.175. The summed E-state index contributed by atoms with van der Waals surface area (Å²) >= 11 is 5.76. The minimum absolute atomic E-state index is 0.0562. The van der Waals surface area contributed by atoms with E-state index in [0.29, 0.717) is 11.3 Å². The molecule has 0 radical (unpaired) electrons. The second kappa shape index (κ2) is 7.54. The van der Waals surface area contributed by atoms with Crippen LogP contribution in [0, 0.1) is 12.7 Å². The Morgan fingerprint density at radius 1 is 1.37 bits per heavy atom. The van der Waals surface area contributed by atoms with Gasteiger partial charge in [0.1, 0.15) is 5.82 Å². The van der Waals surface area contributed by atoms with E-state index in [9.17, 15) is 19.1 Å². The second-order valence-electron chi connectivity index (χ2n) is 6.30. The van der Waals surface area contributed by atoms with Gasteiger partial charge in [-0.05, 0) is 42.3 Å². The molecule has 2 aromatic rings. The van der Waals surface area contributed by atoms with Crippen LogP contribution in [0.4, 0.5) is 14.9 Å². The van der Waals surface area contributed by atoms with Crippen molar-refractivity contribution in [3.63, 3.8) is 0 Å². The van der Waals surface area contributed by atoms with E-state index in [1.54, 1.807) is 12.1 Å². The predicted octanol–water partition coefficient (Wildman–Crippen LogP) is 3.14. The molecule has 2 amide bonds. The highest BCUT2D eigenvalue weighted by atomic mass is 35.5. The third-order valence-electron chi connectivity index (χ3n) is 4.28. The number of anilines is 1. The van der Waals surface area contributed by atoms with Crippen LogP contribution in [-0.4, -0.2) is 29.4 Å². The van der Waals surface area contributed by atoms with Gasteiger partial charge in [-0.25, -0.2) is 9.18 Å². The van der Waals surface area contributed by atoms with E-state index >= 15 is 0 Å². The molecule has 0 bridgehead atoms. The molecule has 1 aliphatic rings. The summed E-state index contributed by atoms with van der Waals surface area (Å²) in [5, 5.41) is 13.1. The lowest BCUT2D eigenvalue weighted by atomic mass is 10.2. The molecule has 6 nitrogen and oxygen atoms in total. The molecule has 0 saturated carbocycles. The van der Waals surface area contributed by atoms with Gasteiger partial charge in [0.05, 0.1) is 0 Å². The minimum Gasteiger partial charge on any atom is -0.407 e. The highest BCUT2D eigenvalue weighted by Gasteiger charge is 2.49. The fraction of sp³-hybridized carbons (Fsp3) is 0.263. The molecular formula is C19H18ClFN2O4. The summed E-state index contributed by atoms with van der Waals surface area (Å²) in [6.07, 6.45) is -1.04. The van der Waals surface area contributed by atoms with Crippen LogP contribution in [0.2, 0.25) is 5.02 Å². The van der Waals surface area contributed by atoms with Gasteiger partial charge < -0.3 is 20.1 Å². The van der Waals surface area contributed by atoms with Gasteiger partial charge in [0.25, 0.3) is 11.7 Å². The van der Waals surface area contributed by atoms with Gasteiger partial charge in [0, 0.05) is 30.2 Å². The van der Waals surface area contributed by atoms with E-state index < -0.39 is 23.6 Å². The molecule has 8 heteroatoms. The molecule has 1 heterocycles. The van der Waals surface area contributed by atoms with Gasteiger partial charge in [0.2, 0.25) is 0 Å². The predicted molar refractivity (Wildman–Crippen MR) is 97.8 cm³/mol. The highest BCUT2D eigenvalue weighted by Crippen LogP contribution is 2.31. The SMILES string of the molecule is Cc1ccccc1N1CC[C@](O)(OC(=O)NCc2cc(F)cc(Cl)c2)C1=O. The molecule has 142 valence electrons. The zero-order valence-electron chi connectivity index (χ0n) is 14.5. The number of amides is 2. The Balaban J connectivity index is 1.63. The van der Waals surface area contributed by atoms with Gasteiger partial charge >= 0.3 is 6.09 Å². The highest BCUT2D eigenvalue weighted by molar-refractivity contribution is 6.30. The number of benzene rings is 2. The van der Waals surface area contributed by atoms with Gasteiger partial charge in [-0.3, -0.25) is 4.79 Å². The lowest BCUT2D eigenvalue weighted by Gasteiger charge is -2.23. The fourth-order valence-corrected chi connectivity index (χ4v) is 3.19. The summed E-state index contributed by atoms with van der Waals surface area (Å²) in [6, 6.07) is 11.1. The van der Waals surface area contributed by atoms with Crippen molar-refractivity contribution in [3.05, 3.63) is 64.4 Å². The van der Waals surface area contributed by atoms with Crippen LogP contribution in [0.3, 0.4) is 0 Å². The number of carbonyl (C=O) groups is 2.